The minimum absolute atomic E-state index is 0.0365. The standard InChI is InChI=1S/C12H15NO3/c1-8-7-13(5-3-11(8)14)12(15)10-4-6-16-9(10)2/h4,6,8H,3,5,7H2,1-2H3. The zero-order valence-corrected chi connectivity index (χ0v) is 9.53. The fraction of sp³-hybridized carbons (Fsp3) is 0.500. The van der Waals surface area contributed by atoms with Crippen LogP contribution in [0.3, 0.4) is 0 Å². The predicted octanol–water partition coefficient (Wildman–Crippen LogP) is 1.64. The molecule has 16 heavy (non-hydrogen) atoms. The Balaban J connectivity index is 2.12. The number of piperidine rings is 1. The average molecular weight is 221 g/mol. The second kappa shape index (κ2) is 4.12. The number of Topliss-reactive ketones (excluding diaryl/α,β-unsaturated/α-hetero) is 1. The Morgan fingerprint density at radius 2 is 2.31 bits per heavy atom. The number of furan rings is 1. The van der Waals surface area contributed by atoms with Crippen LogP contribution < -0.4 is 0 Å². The van der Waals surface area contributed by atoms with Crippen LogP contribution >= 0.6 is 0 Å². The van der Waals surface area contributed by atoms with Crippen molar-refractivity contribution in [3.05, 3.63) is 23.7 Å². The maximum Gasteiger partial charge on any atom is 0.257 e. The van der Waals surface area contributed by atoms with Crippen LogP contribution in [0.15, 0.2) is 16.7 Å². The molecule has 1 unspecified atom stereocenters. The summed E-state index contributed by atoms with van der Waals surface area (Å²) in [6.07, 6.45) is 1.98. The fourth-order valence-electron chi connectivity index (χ4n) is 1.98. The van der Waals surface area contributed by atoms with Crippen molar-refractivity contribution in [2.75, 3.05) is 13.1 Å². The van der Waals surface area contributed by atoms with E-state index in [-0.39, 0.29) is 17.6 Å². The van der Waals surface area contributed by atoms with Crippen LogP contribution in [0.4, 0.5) is 0 Å². The molecule has 1 fully saturated rings. The number of carbonyl (C=O) groups is 2. The number of rotatable bonds is 1. The maximum absolute atomic E-state index is 12.1. The lowest BCUT2D eigenvalue weighted by molar-refractivity contribution is -0.124. The van der Waals surface area contributed by atoms with E-state index in [9.17, 15) is 9.59 Å². The van der Waals surface area contributed by atoms with Crippen LogP contribution in [0.2, 0.25) is 0 Å². The summed E-state index contributed by atoms with van der Waals surface area (Å²) in [6.45, 7) is 4.67. The number of hydrogen-bond acceptors (Lipinski definition) is 3. The summed E-state index contributed by atoms with van der Waals surface area (Å²) in [6, 6.07) is 1.68. The maximum atomic E-state index is 12.1. The number of aryl methyl sites for hydroxylation is 1. The molecule has 1 atom stereocenters. The van der Waals surface area contributed by atoms with Gasteiger partial charge in [0.25, 0.3) is 5.91 Å². The second-order valence-corrected chi connectivity index (χ2v) is 4.26. The Kier molecular flexibility index (Phi) is 2.81. The van der Waals surface area contributed by atoms with Crippen molar-refractivity contribution in [2.24, 2.45) is 5.92 Å². The molecular weight excluding hydrogens is 206 g/mol. The Hall–Kier alpha value is -1.58. The highest BCUT2D eigenvalue weighted by Crippen LogP contribution is 2.17. The van der Waals surface area contributed by atoms with Crippen LogP contribution in [0.25, 0.3) is 0 Å². The molecule has 4 heteroatoms. The smallest absolute Gasteiger partial charge is 0.257 e. The number of carbonyl (C=O) groups excluding carboxylic acids is 2. The van der Waals surface area contributed by atoms with Gasteiger partial charge in [-0.05, 0) is 13.0 Å². The van der Waals surface area contributed by atoms with Crippen molar-refractivity contribution in [1.29, 1.82) is 0 Å². The highest BCUT2D eigenvalue weighted by atomic mass is 16.3. The molecule has 2 heterocycles. The largest absolute Gasteiger partial charge is 0.469 e. The zero-order valence-electron chi connectivity index (χ0n) is 9.53. The third-order valence-electron chi connectivity index (χ3n) is 3.05. The van der Waals surface area contributed by atoms with Gasteiger partial charge in [-0.2, -0.15) is 0 Å². The first-order valence-corrected chi connectivity index (χ1v) is 5.45. The lowest BCUT2D eigenvalue weighted by Gasteiger charge is -2.29. The minimum atomic E-state index is -0.0510. The van der Waals surface area contributed by atoms with Crippen molar-refractivity contribution in [3.63, 3.8) is 0 Å². The minimum Gasteiger partial charge on any atom is -0.469 e. The number of nitrogens with zero attached hydrogens (tertiary/aromatic N) is 1. The first-order valence-electron chi connectivity index (χ1n) is 5.45. The van der Waals surface area contributed by atoms with E-state index in [4.69, 9.17) is 4.42 Å². The van der Waals surface area contributed by atoms with Crippen molar-refractivity contribution >= 4 is 11.7 Å². The quantitative estimate of drug-likeness (QED) is 0.724. The Bertz CT molecular complexity index is 422. The molecule has 86 valence electrons. The summed E-state index contributed by atoms with van der Waals surface area (Å²) in [4.78, 5) is 25.2. The molecule has 0 spiro atoms. The first kappa shape index (κ1) is 10.9. The molecule has 0 radical (unpaired) electrons. The van der Waals surface area contributed by atoms with Crippen LogP contribution in [-0.4, -0.2) is 29.7 Å². The summed E-state index contributed by atoms with van der Waals surface area (Å²) in [5.41, 5.74) is 0.599. The molecule has 0 N–H and O–H groups in total. The summed E-state index contributed by atoms with van der Waals surface area (Å²) in [5.74, 6) is 0.790. The van der Waals surface area contributed by atoms with Crippen molar-refractivity contribution in [2.45, 2.75) is 20.3 Å². The SMILES string of the molecule is Cc1occc1C(=O)N1CCC(=O)C(C)C1. The van der Waals surface area contributed by atoms with Gasteiger partial charge in [-0.25, -0.2) is 0 Å². The predicted molar refractivity (Wildman–Crippen MR) is 58.1 cm³/mol. The fourth-order valence-corrected chi connectivity index (χ4v) is 1.98. The van der Waals surface area contributed by atoms with Gasteiger partial charge in [-0.15, -0.1) is 0 Å². The van der Waals surface area contributed by atoms with E-state index >= 15 is 0 Å². The summed E-state index contributed by atoms with van der Waals surface area (Å²) >= 11 is 0. The van der Waals surface area contributed by atoms with E-state index in [1.165, 1.54) is 6.26 Å². The highest BCUT2D eigenvalue weighted by Gasteiger charge is 2.28. The van der Waals surface area contributed by atoms with Crippen LogP contribution in [0.5, 0.6) is 0 Å². The molecule has 2 rings (SSSR count). The number of hydrogen-bond donors (Lipinski definition) is 0. The molecule has 4 nitrogen and oxygen atoms in total. The number of ketones is 1. The number of amides is 1. The van der Waals surface area contributed by atoms with Crippen molar-refractivity contribution < 1.29 is 14.0 Å². The molecule has 0 aromatic carbocycles. The summed E-state index contributed by atoms with van der Waals surface area (Å²) in [5, 5.41) is 0. The van der Waals surface area contributed by atoms with Gasteiger partial charge in [0.15, 0.2) is 0 Å². The van der Waals surface area contributed by atoms with E-state index in [0.29, 0.717) is 30.8 Å². The van der Waals surface area contributed by atoms with Crippen molar-refractivity contribution in [3.8, 4) is 0 Å². The summed E-state index contributed by atoms with van der Waals surface area (Å²) < 4.78 is 5.11. The van der Waals surface area contributed by atoms with Gasteiger partial charge in [-0.1, -0.05) is 6.92 Å². The van der Waals surface area contributed by atoms with Gasteiger partial charge < -0.3 is 9.32 Å². The van der Waals surface area contributed by atoms with E-state index in [2.05, 4.69) is 0 Å². The van der Waals surface area contributed by atoms with Gasteiger partial charge >= 0.3 is 0 Å². The van der Waals surface area contributed by atoms with Gasteiger partial charge in [0.05, 0.1) is 11.8 Å². The van der Waals surface area contributed by atoms with E-state index in [1.807, 2.05) is 6.92 Å². The second-order valence-electron chi connectivity index (χ2n) is 4.26. The van der Waals surface area contributed by atoms with E-state index < -0.39 is 0 Å². The molecule has 1 aromatic rings. The average Bonchev–Trinajstić information content (AvgIpc) is 2.67. The lowest BCUT2D eigenvalue weighted by atomic mass is 9.98. The molecule has 1 aliphatic rings. The van der Waals surface area contributed by atoms with Crippen LogP contribution in [0.1, 0.15) is 29.5 Å². The van der Waals surface area contributed by atoms with E-state index in [1.54, 1.807) is 17.9 Å². The normalized spacial score (nSPS) is 21.2. The Labute approximate surface area is 94.2 Å². The van der Waals surface area contributed by atoms with Crippen molar-refractivity contribution in [1.82, 2.24) is 4.90 Å². The first-order chi connectivity index (χ1) is 7.59. The zero-order chi connectivity index (χ0) is 11.7. The lowest BCUT2D eigenvalue weighted by Crippen LogP contribution is -2.43. The highest BCUT2D eigenvalue weighted by molar-refractivity contribution is 5.96. The van der Waals surface area contributed by atoms with E-state index in [0.717, 1.165) is 0 Å². The molecule has 0 aliphatic carbocycles. The topological polar surface area (TPSA) is 50.5 Å². The molecule has 1 saturated heterocycles. The summed E-state index contributed by atoms with van der Waals surface area (Å²) in [7, 11) is 0. The van der Waals surface area contributed by atoms with Gasteiger partial charge in [0.2, 0.25) is 0 Å². The third-order valence-corrected chi connectivity index (χ3v) is 3.05. The van der Waals surface area contributed by atoms with Gasteiger partial charge in [0, 0.05) is 25.4 Å². The Morgan fingerprint density at radius 3 is 2.88 bits per heavy atom. The van der Waals surface area contributed by atoms with Crippen LogP contribution in [-0.2, 0) is 4.79 Å². The molecule has 1 aliphatic heterocycles. The molecule has 1 aromatic heterocycles. The van der Waals surface area contributed by atoms with Crippen LogP contribution in [0, 0.1) is 12.8 Å². The molecule has 0 saturated carbocycles. The molecule has 0 bridgehead atoms. The van der Waals surface area contributed by atoms with Gasteiger partial charge in [0.1, 0.15) is 11.5 Å². The third kappa shape index (κ3) is 1.87. The van der Waals surface area contributed by atoms with Gasteiger partial charge in [-0.3, -0.25) is 9.59 Å². The Morgan fingerprint density at radius 1 is 1.56 bits per heavy atom. The monoisotopic (exact) mass is 221 g/mol. The number of likely N-dealkylation sites (tertiary alicyclic amines) is 1. The molecular formula is C12H15NO3. The molecule has 1 amide bonds.